The van der Waals surface area contributed by atoms with Gasteiger partial charge in [0.25, 0.3) is 5.69 Å². The third kappa shape index (κ3) is 3.46. The predicted molar refractivity (Wildman–Crippen MR) is 112 cm³/mol. The first-order valence-electron chi connectivity index (χ1n) is 8.67. The number of non-ortho nitro benzene ring substituents is 1. The summed E-state index contributed by atoms with van der Waals surface area (Å²) in [6, 6.07) is 21.2. The van der Waals surface area contributed by atoms with Crippen molar-refractivity contribution in [3.63, 3.8) is 0 Å². The van der Waals surface area contributed by atoms with E-state index in [1.165, 1.54) is 12.1 Å². The average Bonchev–Trinajstić information content (AvgIpc) is 2.73. The lowest BCUT2D eigenvalue weighted by Gasteiger charge is -2.08. The van der Waals surface area contributed by atoms with Crippen LogP contribution in [-0.4, -0.2) is 16.1 Å². The summed E-state index contributed by atoms with van der Waals surface area (Å²) in [4.78, 5) is 20.8. The Balaban J connectivity index is 1.76. The van der Waals surface area contributed by atoms with Crippen LogP contribution in [0.5, 0.6) is 0 Å². The lowest BCUT2D eigenvalue weighted by molar-refractivity contribution is -0.393. The molecule has 4 rings (SSSR count). The molecule has 0 unspecified atom stereocenters. The number of nitro benzene ring substituents is 2. The van der Waals surface area contributed by atoms with Crippen molar-refractivity contribution in [2.24, 2.45) is 5.10 Å². The highest BCUT2D eigenvalue weighted by Gasteiger charge is 2.19. The van der Waals surface area contributed by atoms with E-state index < -0.39 is 15.5 Å². The van der Waals surface area contributed by atoms with Gasteiger partial charge in [0.1, 0.15) is 5.69 Å². The number of hydrogen-bond donors (Lipinski definition) is 1. The zero-order chi connectivity index (χ0) is 20.4. The molecule has 29 heavy (non-hydrogen) atoms. The minimum atomic E-state index is -0.682. The summed E-state index contributed by atoms with van der Waals surface area (Å²) < 4.78 is 0. The fourth-order valence-corrected chi connectivity index (χ4v) is 3.23. The topological polar surface area (TPSA) is 111 Å². The zero-order valence-electron chi connectivity index (χ0n) is 15.0. The van der Waals surface area contributed by atoms with E-state index in [1.54, 1.807) is 6.21 Å². The van der Waals surface area contributed by atoms with Gasteiger partial charge in [0, 0.05) is 11.6 Å². The maximum absolute atomic E-state index is 11.3. The molecule has 0 amide bonds. The van der Waals surface area contributed by atoms with E-state index in [1.807, 2.05) is 48.5 Å². The summed E-state index contributed by atoms with van der Waals surface area (Å²) in [7, 11) is 0. The number of hydrogen-bond acceptors (Lipinski definition) is 6. The van der Waals surface area contributed by atoms with Gasteiger partial charge in [-0.15, -0.1) is 0 Å². The van der Waals surface area contributed by atoms with Gasteiger partial charge in [0.05, 0.1) is 22.1 Å². The Morgan fingerprint density at radius 2 is 1.41 bits per heavy atom. The third-order valence-electron chi connectivity index (χ3n) is 4.58. The van der Waals surface area contributed by atoms with Crippen molar-refractivity contribution >= 4 is 44.8 Å². The molecular formula is C21H14N4O4. The number of nitrogens with zero attached hydrogens (tertiary/aromatic N) is 3. The molecule has 0 fully saturated rings. The highest BCUT2D eigenvalue weighted by molar-refractivity contribution is 6.13. The fraction of sp³-hybridized carbons (Fsp3) is 0. The Bertz CT molecular complexity index is 1250. The average molecular weight is 386 g/mol. The minimum Gasteiger partial charge on any atom is -0.272 e. The van der Waals surface area contributed by atoms with Gasteiger partial charge in [0.2, 0.25) is 0 Å². The van der Waals surface area contributed by atoms with Crippen LogP contribution in [0.25, 0.3) is 21.5 Å². The molecule has 142 valence electrons. The normalized spacial score (nSPS) is 11.2. The molecule has 0 heterocycles. The lowest BCUT2D eigenvalue weighted by atomic mass is 9.97. The first-order chi connectivity index (χ1) is 14.0. The Kier molecular flexibility index (Phi) is 4.58. The number of fused-ring (bicyclic) bond motifs is 2. The van der Waals surface area contributed by atoms with Gasteiger partial charge in [-0.2, -0.15) is 5.10 Å². The van der Waals surface area contributed by atoms with Crippen LogP contribution in [0.15, 0.2) is 77.9 Å². The molecule has 0 saturated heterocycles. The van der Waals surface area contributed by atoms with E-state index in [2.05, 4.69) is 16.6 Å². The standard InChI is InChI=1S/C21H14N4O4/c26-24(27)16-9-10-20(21(12-16)25(28)29)23-22-13-19-17-7-3-1-5-14(17)11-15-6-2-4-8-18(15)19/h1-13,23H/b22-13+. The molecular weight excluding hydrogens is 372 g/mol. The van der Waals surface area contributed by atoms with Gasteiger partial charge in [-0.05, 0) is 33.7 Å². The highest BCUT2D eigenvalue weighted by Crippen LogP contribution is 2.30. The molecule has 0 aliphatic rings. The van der Waals surface area contributed by atoms with Crippen LogP contribution in [0.4, 0.5) is 17.1 Å². The number of hydrazone groups is 1. The van der Waals surface area contributed by atoms with Crippen LogP contribution < -0.4 is 5.43 Å². The quantitative estimate of drug-likeness (QED) is 0.218. The number of anilines is 1. The van der Waals surface area contributed by atoms with Crippen LogP contribution in [0, 0.1) is 20.2 Å². The second kappa shape index (κ2) is 7.35. The van der Waals surface area contributed by atoms with Crippen LogP contribution in [0.3, 0.4) is 0 Å². The van der Waals surface area contributed by atoms with Gasteiger partial charge in [-0.1, -0.05) is 48.5 Å². The number of nitrogens with one attached hydrogen (secondary N) is 1. The van der Waals surface area contributed by atoms with Crippen LogP contribution in [0.2, 0.25) is 0 Å². The van der Waals surface area contributed by atoms with E-state index in [0.29, 0.717) is 0 Å². The molecule has 4 aromatic carbocycles. The molecule has 8 nitrogen and oxygen atoms in total. The number of nitro groups is 2. The Hall–Kier alpha value is -4.33. The molecule has 8 heteroatoms. The summed E-state index contributed by atoms with van der Waals surface area (Å²) >= 11 is 0. The second-order valence-electron chi connectivity index (χ2n) is 6.32. The van der Waals surface area contributed by atoms with Crippen molar-refractivity contribution in [1.29, 1.82) is 0 Å². The van der Waals surface area contributed by atoms with Crippen molar-refractivity contribution in [1.82, 2.24) is 0 Å². The number of benzene rings is 4. The molecule has 0 saturated carbocycles. The van der Waals surface area contributed by atoms with Crippen molar-refractivity contribution in [3.8, 4) is 0 Å². The predicted octanol–water partition coefficient (Wildman–Crippen LogP) is 5.26. The third-order valence-corrected chi connectivity index (χ3v) is 4.58. The molecule has 0 aliphatic heterocycles. The van der Waals surface area contributed by atoms with E-state index in [0.717, 1.165) is 33.2 Å². The maximum atomic E-state index is 11.3. The van der Waals surface area contributed by atoms with Gasteiger partial charge >= 0.3 is 5.69 Å². The van der Waals surface area contributed by atoms with Gasteiger partial charge in [-0.3, -0.25) is 25.7 Å². The van der Waals surface area contributed by atoms with E-state index in [4.69, 9.17) is 0 Å². The monoisotopic (exact) mass is 386 g/mol. The number of rotatable bonds is 5. The molecule has 0 spiro atoms. The Morgan fingerprint density at radius 3 is 2.00 bits per heavy atom. The summed E-state index contributed by atoms with van der Waals surface area (Å²) in [6.45, 7) is 0. The second-order valence-corrected chi connectivity index (χ2v) is 6.32. The van der Waals surface area contributed by atoms with Crippen molar-refractivity contribution in [2.45, 2.75) is 0 Å². The van der Waals surface area contributed by atoms with Crippen LogP contribution >= 0.6 is 0 Å². The molecule has 0 aromatic heterocycles. The Labute approximate surface area is 164 Å². The summed E-state index contributed by atoms with van der Waals surface area (Å²) in [6.07, 6.45) is 1.61. The van der Waals surface area contributed by atoms with Crippen LogP contribution in [-0.2, 0) is 0 Å². The largest absolute Gasteiger partial charge is 0.301 e. The highest BCUT2D eigenvalue weighted by atomic mass is 16.6. The molecule has 0 atom stereocenters. The van der Waals surface area contributed by atoms with E-state index in [-0.39, 0.29) is 11.4 Å². The smallest absolute Gasteiger partial charge is 0.272 e. The summed E-state index contributed by atoms with van der Waals surface area (Å²) in [5, 5.41) is 30.4. The molecule has 4 aromatic rings. The molecule has 0 radical (unpaired) electrons. The fourth-order valence-electron chi connectivity index (χ4n) is 3.23. The molecule has 0 aliphatic carbocycles. The van der Waals surface area contributed by atoms with Crippen molar-refractivity contribution < 1.29 is 9.85 Å². The van der Waals surface area contributed by atoms with Crippen molar-refractivity contribution in [2.75, 3.05) is 5.43 Å². The minimum absolute atomic E-state index is 0.0707. The van der Waals surface area contributed by atoms with Gasteiger partial charge in [0.15, 0.2) is 0 Å². The first-order valence-corrected chi connectivity index (χ1v) is 8.67. The summed E-state index contributed by atoms with van der Waals surface area (Å²) in [5.41, 5.74) is 2.81. The Morgan fingerprint density at radius 1 is 0.793 bits per heavy atom. The van der Waals surface area contributed by atoms with Gasteiger partial charge < -0.3 is 0 Å². The lowest BCUT2D eigenvalue weighted by Crippen LogP contribution is -1.99. The van der Waals surface area contributed by atoms with E-state index >= 15 is 0 Å². The SMILES string of the molecule is O=[N+]([O-])c1ccc(N/N=C/c2c3ccccc3cc3ccccc23)c([N+](=O)[O-])c1. The van der Waals surface area contributed by atoms with Crippen molar-refractivity contribution in [3.05, 3.63) is 98.6 Å². The molecule has 1 N–H and O–H groups in total. The van der Waals surface area contributed by atoms with Crippen LogP contribution in [0.1, 0.15) is 5.56 Å². The first kappa shape index (κ1) is 18.1. The zero-order valence-corrected chi connectivity index (χ0v) is 15.0. The summed E-state index contributed by atoms with van der Waals surface area (Å²) in [5.74, 6) is 0. The van der Waals surface area contributed by atoms with E-state index in [9.17, 15) is 20.2 Å². The van der Waals surface area contributed by atoms with Gasteiger partial charge in [-0.25, -0.2) is 0 Å². The maximum Gasteiger partial charge on any atom is 0.301 e. The molecule has 0 bridgehead atoms.